The maximum Gasteiger partial charge on any atom is 0.225 e. The quantitative estimate of drug-likeness (QED) is 0.652. The molecule has 0 amide bonds. The van der Waals surface area contributed by atoms with Crippen molar-refractivity contribution >= 4 is 22.7 Å². The summed E-state index contributed by atoms with van der Waals surface area (Å²) in [6.45, 7) is 0.758. The zero-order valence-corrected chi connectivity index (χ0v) is 8.03. The first-order chi connectivity index (χ1) is 6.84. The Balaban J connectivity index is 2.26. The van der Waals surface area contributed by atoms with Gasteiger partial charge in [0, 0.05) is 11.8 Å². The van der Waals surface area contributed by atoms with Crippen molar-refractivity contribution in [3.63, 3.8) is 0 Å². The molecule has 1 aliphatic rings. The number of halogens is 1. The van der Waals surface area contributed by atoms with Crippen LogP contribution < -0.4 is 0 Å². The van der Waals surface area contributed by atoms with Crippen molar-refractivity contribution in [1.82, 2.24) is 4.57 Å². The molecule has 3 heterocycles. The van der Waals surface area contributed by atoms with Gasteiger partial charge in [0.2, 0.25) is 5.88 Å². The second-order valence-corrected chi connectivity index (χ2v) is 3.53. The molecule has 0 fully saturated rings. The first-order valence-corrected chi connectivity index (χ1v) is 4.68. The molecule has 0 saturated carbocycles. The lowest BCUT2D eigenvalue weighted by Gasteiger charge is -2.01. The van der Waals surface area contributed by atoms with Crippen molar-refractivity contribution in [2.45, 2.75) is 6.54 Å². The summed E-state index contributed by atoms with van der Waals surface area (Å²) in [7, 11) is 0. The van der Waals surface area contributed by atoms with E-state index in [1.807, 2.05) is 29.0 Å². The second kappa shape index (κ2) is 2.75. The fraction of sp³-hybridized carbons (Fsp3) is 0.100. The molecular weight excluding hydrogens is 200 g/mol. The van der Waals surface area contributed by atoms with Crippen LogP contribution in [0.3, 0.4) is 0 Å². The van der Waals surface area contributed by atoms with Gasteiger partial charge in [0.1, 0.15) is 0 Å². The van der Waals surface area contributed by atoms with Crippen molar-refractivity contribution in [3.8, 4) is 0 Å². The van der Waals surface area contributed by atoms with Crippen LogP contribution in [0.4, 0.5) is 5.88 Å². The summed E-state index contributed by atoms with van der Waals surface area (Å²) in [6, 6.07) is 5.81. The molecule has 0 aliphatic carbocycles. The summed E-state index contributed by atoms with van der Waals surface area (Å²) in [5.74, 6) is 0.610. The molecule has 1 aliphatic heterocycles. The Morgan fingerprint density at radius 1 is 1.43 bits per heavy atom. The molecule has 0 atom stereocenters. The van der Waals surface area contributed by atoms with E-state index in [0.717, 1.165) is 17.8 Å². The van der Waals surface area contributed by atoms with Crippen LogP contribution in [0.5, 0.6) is 0 Å². The summed E-state index contributed by atoms with van der Waals surface area (Å²) < 4.78 is 7.27. The molecular formula is C10H7ClN2O. The highest BCUT2D eigenvalue weighted by Gasteiger charge is 2.15. The van der Waals surface area contributed by atoms with Gasteiger partial charge in [-0.25, -0.2) is 0 Å². The Labute approximate surface area is 85.6 Å². The highest BCUT2D eigenvalue weighted by atomic mass is 35.5. The van der Waals surface area contributed by atoms with Crippen LogP contribution in [0, 0.1) is 0 Å². The van der Waals surface area contributed by atoms with Crippen molar-refractivity contribution in [2.24, 2.45) is 4.99 Å². The second-order valence-electron chi connectivity index (χ2n) is 3.17. The molecule has 2 aromatic rings. The molecule has 0 N–H and O–H groups in total. The van der Waals surface area contributed by atoms with Gasteiger partial charge in [0.05, 0.1) is 18.5 Å². The van der Waals surface area contributed by atoms with Gasteiger partial charge in [-0.3, -0.25) is 0 Å². The predicted octanol–water partition coefficient (Wildman–Crippen LogP) is 2.76. The molecule has 4 heteroatoms. The Morgan fingerprint density at radius 2 is 2.36 bits per heavy atom. The number of hydrogen-bond acceptors (Lipinski definition) is 2. The zero-order chi connectivity index (χ0) is 9.54. The fourth-order valence-corrected chi connectivity index (χ4v) is 1.86. The average molecular weight is 207 g/mol. The van der Waals surface area contributed by atoms with E-state index in [1.165, 1.54) is 0 Å². The van der Waals surface area contributed by atoms with Crippen LogP contribution in [0.1, 0.15) is 11.3 Å². The van der Waals surface area contributed by atoms with Crippen LogP contribution in [0.25, 0.3) is 0 Å². The summed E-state index contributed by atoms with van der Waals surface area (Å²) in [5.41, 5.74) is 1.98. The van der Waals surface area contributed by atoms with Gasteiger partial charge < -0.3 is 8.98 Å². The van der Waals surface area contributed by atoms with Gasteiger partial charge in [-0.2, -0.15) is 4.99 Å². The molecule has 14 heavy (non-hydrogen) atoms. The van der Waals surface area contributed by atoms with Crippen LogP contribution in [-0.2, 0) is 6.54 Å². The van der Waals surface area contributed by atoms with E-state index >= 15 is 0 Å². The maximum atomic E-state index is 6.05. The van der Waals surface area contributed by atoms with Crippen molar-refractivity contribution in [3.05, 3.63) is 41.9 Å². The van der Waals surface area contributed by atoms with Gasteiger partial charge in [-0.1, -0.05) is 11.6 Å². The first kappa shape index (κ1) is 7.88. The third-order valence-corrected chi connectivity index (χ3v) is 2.58. The smallest absolute Gasteiger partial charge is 0.225 e. The predicted molar refractivity (Wildman–Crippen MR) is 54.3 cm³/mol. The summed E-state index contributed by atoms with van der Waals surface area (Å²) in [6.07, 6.45) is 3.61. The number of fused-ring (bicyclic) bond motifs is 2. The van der Waals surface area contributed by atoms with E-state index in [-0.39, 0.29) is 0 Å². The molecule has 0 radical (unpaired) electrons. The maximum absolute atomic E-state index is 6.05. The van der Waals surface area contributed by atoms with Crippen LogP contribution in [0.15, 0.2) is 40.1 Å². The largest absolute Gasteiger partial charge is 0.446 e. The zero-order valence-electron chi connectivity index (χ0n) is 7.27. The van der Waals surface area contributed by atoms with E-state index in [4.69, 9.17) is 16.0 Å². The highest BCUT2D eigenvalue weighted by molar-refractivity contribution is 6.69. The minimum Gasteiger partial charge on any atom is -0.446 e. The van der Waals surface area contributed by atoms with E-state index in [2.05, 4.69) is 4.99 Å². The Morgan fingerprint density at radius 3 is 3.29 bits per heavy atom. The lowest BCUT2D eigenvalue weighted by Crippen LogP contribution is -2.02. The molecule has 70 valence electrons. The monoisotopic (exact) mass is 206 g/mol. The number of hydrogen-bond donors (Lipinski definition) is 0. The van der Waals surface area contributed by atoms with Crippen molar-refractivity contribution in [2.75, 3.05) is 0 Å². The lowest BCUT2D eigenvalue weighted by molar-refractivity contribution is 0.575. The van der Waals surface area contributed by atoms with E-state index in [0.29, 0.717) is 11.1 Å². The number of aromatic nitrogens is 1. The molecule has 0 bridgehead atoms. The average Bonchev–Trinajstić information content (AvgIpc) is 2.75. The third-order valence-electron chi connectivity index (χ3n) is 2.30. The molecule has 0 unspecified atom stereocenters. The van der Waals surface area contributed by atoms with E-state index in [9.17, 15) is 0 Å². The topological polar surface area (TPSA) is 30.4 Å². The van der Waals surface area contributed by atoms with Gasteiger partial charge in [-0.05, 0) is 18.2 Å². The molecule has 0 saturated heterocycles. The lowest BCUT2D eigenvalue weighted by atomic mass is 10.3. The molecule has 0 aromatic carbocycles. The van der Waals surface area contributed by atoms with E-state index < -0.39 is 0 Å². The number of rotatable bonds is 0. The molecule has 2 aromatic heterocycles. The van der Waals surface area contributed by atoms with Crippen LogP contribution in [0.2, 0.25) is 0 Å². The van der Waals surface area contributed by atoms with Crippen LogP contribution in [-0.4, -0.2) is 9.74 Å². The van der Waals surface area contributed by atoms with E-state index in [1.54, 1.807) is 6.26 Å². The number of nitrogens with zero attached hydrogens (tertiary/aromatic N) is 2. The minimum atomic E-state index is 0.476. The van der Waals surface area contributed by atoms with Gasteiger partial charge in [0.15, 0.2) is 5.17 Å². The standard InChI is InChI=1S/C10H7ClN2O/c11-9-8-2-1-4-13(8)6-7-3-5-14-10(7)12-9/h1-5H,6H2. The normalized spacial score (nSPS) is 14.2. The Kier molecular flexibility index (Phi) is 1.55. The summed E-state index contributed by atoms with van der Waals surface area (Å²) in [5, 5.41) is 0.476. The minimum absolute atomic E-state index is 0.476. The molecule has 3 rings (SSSR count). The van der Waals surface area contributed by atoms with Crippen LogP contribution >= 0.6 is 11.6 Å². The first-order valence-electron chi connectivity index (χ1n) is 4.30. The summed E-state index contributed by atoms with van der Waals surface area (Å²) in [4.78, 5) is 4.21. The Bertz CT molecular complexity index is 510. The third kappa shape index (κ3) is 1.02. The Hall–Kier alpha value is -1.48. The van der Waals surface area contributed by atoms with Crippen molar-refractivity contribution in [1.29, 1.82) is 0 Å². The highest BCUT2D eigenvalue weighted by Crippen LogP contribution is 2.27. The number of aliphatic imine (C=N–C) groups is 1. The number of furan rings is 1. The molecule has 3 nitrogen and oxygen atoms in total. The fourth-order valence-electron chi connectivity index (χ4n) is 1.62. The SMILES string of the molecule is ClC1=Nc2occc2Cn2cccc21. The van der Waals surface area contributed by atoms with Gasteiger partial charge in [-0.15, -0.1) is 0 Å². The van der Waals surface area contributed by atoms with Crippen molar-refractivity contribution < 1.29 is 4.42 Å². The van der Waals surface area contributed by atoms with Gasteiger partial charge >= 0.3 is 0 Å². The molecule has 0 spiro atoms. The summed E-state index contributed by atoms with van der Waals surface area (Å²) >= 11 is 6.05. The van der Waals surface area contributed by atoms with Gasteiger partial charge in [0.25, 0.3) is 0 Å².